The van der Waals surface area contributed by atoms with Crippen molar-refractivity contribution in [1.29, 1.82) is 5.26 Å². The molecule has 2 unspecified atom stereocenters. The number of aromatic hydroxyl groups is 1. The smallest absolute Gasteiger partial charge is 0.419 e. The van der Waals surface area contributed by atoms with E-state index < -0.39 is 34.4 Å². The third-order valence-corrected chi connectivity index (χ3v) is 5.77. The minimum Gasteiger partial charge on any atom is -0.508 e. The van der Waals surface area contributed by atoms with Crippen molar-refractivity contribution in [3.8, 4) is 11.8 Å². The molecule has 2 aromatic rings. The average Bonchev–Trinajstić information content (AvgIpc) is 2.95. The molecule has 30 heavy (non-hydrogen) atoms. The lowest BCUT2D eigenvalue weighted by molar-refractivity contribution is -0.140. The van der Waals surface area contributed by atoms with E-state index in [2.05, 4.69) is 17.6 Å². The molecule has 1 aromatic heterocycles. The molecule has 1 aliphatic carbocycles. The van der Waals surface area contributed by atoms with Crippen LogP contribution in [-0.2, 0) is 15.8 Å². The number of rotatable bonds is 2. The second kappa shape index (κ2) is 6.63. The molecule has 1 spiro atoms. The zero-order chi connectivity index (χ0) is 21.8. The van der Waals surface area contributed by atoms with Crippen LogP contribution < -0.4 is 9.80 Å². The van der Waals surface area contributed by atoms with Crippen LogP contribution in [0.25, 0.3) is 0 Å². The van der Waals surface area contributed by atoms with E-state index in [1.807, 2.05) is 0 Å². The number of benzene rings is 1. The lowest BCUT2D eigenvalue weighted by Crippen LogP contribution is -2.62. The van der Waals surface area contributed by atoms with Gasteiger partial charge in [0.1, 0.15) is 11.8 Å². The maximum atomic E-state index is 13.4. The summed E-state index contributed by atoms with van der Waals surface area (Å²) in [5.41, 5.74) is -4.63. The number of phenols is 1. The third kappa shape index (κ3) is 2.71. The Bertz CT molecular complexity index is 1100. The molecule has 1 aromatic carbocycles. The highest BCUT2D eigenvalue weighted by molar-refractivity contribution is 7.81. The van der Waals surface area contributed by atoms with Crippen molar-refractivity contribution in [2.75, 3.05) is 9.80 Å². The Morgan fingerprint density at radius 3 is 2.40 bits per heavy atom. The first-order valence-corrected chi connectivity index (χ1v) is 9.23. The Morgan fingerprint density at radius 1 is 1.23 bits per heavy atom. The average molecular weight is 434 g/mol. The number of aromatic nitrogens is 1. The summed E-state index contributed by atoms with van der Waals surface area (Å²) in [6.45, 7) is 0. The van der Waals surface area contributed by atoms with Crippen LogP contribution in [0.2, 0.25) is 0 Å². The zero-order valence-corrected chi connectivity index (χ0v) is 16.0. The first-order valence-electron chi connectivity index (χ1n) is 8.72. The Balaban J connectivity index is 1.85. The van der Waals surface area contributed by atoms with Gasteiger partial charge in [0, 0.05) is 12.1 Å². The molecule has 154 valence electrons. The summed E-state index contributed by atoms with van der Waals surface area (Å²) in [6, 6.07) is 7.75. The topological polar surface area (TPSA) is 97.5 Å². The maximum Gasteiger partial charge on any atom is 0.419 e. The van der Waals surface area contributed by atoms with Crippen molar-refractivity contribution in [3.63, 3.8) is 0 Å². The summed E-state index contributed by atoms with van der Waals surface area (Å²) < 4.78 is 40.1. The van der Waals surface area contributed by atoms with Crippen LogP contribution >= 0.6 is 12.6 Å². The molecule has 1 saturated heterocycles. The van der Waals surface area contributed by atoms with E-state index in [9.17, 15) is 27.9 Å². The molecule has 1 saturated carbocycles. The number of thiol groups is 1. The standard InChI is InChI=1S/C19H13F3N4O3S/c20-19(21,22)13-7-11(9-24-14(13)8-23)25-16(29)18(6-5-15(18)28)26(17(25)30)10-1-3-12(27)4-2-10/h1-4,7,9,17,27,30H,5-6H2. The van der Waals surface area contributed by atoms with E-state index in [1.54, 1.807) is 0 Å². The van der Waals surface area contributed by atoms with Gasteiger partial charge >= 0.3 is 6.18 Å². The fourth-order valence-corrected chi connectivity index (χ4v) is 4.34. The number of phenolic OH excluding ortho intramolecular Hbond substituents is 1. The number of carbonyl (C=O) groups excluding carboxylic acids is 2. The van der Waals surface area contributed by atoms with Crippen molar-refractivity contribution >= 4 is 35.7 Å². The van der Waals surface area contributed by atoms with Gasteiger partial charge in [-0.3, -0.25) is 14.5 Å². The first-order chi connectivity index (χ1) is 14.1. The fourth-order valence-electron chi connectivity index (χ4n) is 3.77. The van der Waals surface area contributed by atoms with E-state index in [-0.39, 0.29) is 30.1 Å². The highest BCUT2D eigenvalue weighted by atomic mass is 32.1. The van der Waals surface area contributed by atoms with Crippen molar-refractivity contribution in [2.24, 2.45) is 0 Å². The van der Waals surface area contributed by atoms with Crippen LogP contribution in [0, 0.1) is 11.3 Å². The highest BCUT2D eigenvalue weighted by Gasteiger charge is 2.65. The fraction of sp³-hybridized carbons (Fsp3) is 0.263. The maximum absolute atomic E-state index is 13.4. The van der Waals surface area contributed by atoms with Crippen LogP contribution in [0.3, 0.4) is 0 Å². The van der Waals surface area contributed by atoms with E-state index in [1.165, 1.54) is 35.2 Å². The predicted octanol–water partition coefficient (Wildman–Crippen LogP) is 2.85. The van der Waals surface area contributed by atoms with Gasteiger partial charge in [-0.25, -0.2) is 4.98 Å². The van der Waals surface area contributed by atoms with E-state index >= 15 is 0 Å². The lowest BCUT2D eigenvalue weighted by Gasteiger charge is -2.42. The number of nitriles is 1. The molecule has 2 heterocycles. The molecule has 2 fully saturated rings. The van der Waals surface area contributed by atoms with Gasteiger partial charge in [-0.2, -0.15) is 18.4 Å². The Labute approximate surface area is 173 Å². The first kappa shape index (κ1) is 20.0. The number of halogens is 3. The number of Topliss-reactive ketones (excluding diaryl/α,β-unsaturated/α-hetero) is 1. The van der Waals surface area contributed by atoms with Crippen LogP contribution in [-0.4, -0.2) is 32.8 Å². The molecule has 1 amide bonds. The van der Waals surface area contributed by atoms with Crippen LogP contribution in [0.15, 0.2) is 36.5 Å². The number of hydrogen-bond donors (Lipinski definition) is 2. The van der Waals surface area contributed by atoms with Gasteiger partial charge in [0.2, 0.25) is 0 Å². The second-order valence-electron chi connectivity index (χ2n) is 6.89. The summed E-state index contributed by atoms with van der Waals surface area (Å²) in [5, 5.41) is 18.5. The highest BCUT2D eigenvalue weighted by Crippen LogP contribution is 2.48. The van der Waals surface area contributed by atoms with Gasteiger partial charge < -0.3 is 10.0 Å². The van der Waals surface area contributed by atoms with Crippen molar-refractivity contribution < 1.29 is 27.9 Å². The van der Waals surface area contributed by atoms with Crippen molar-refractivity contribution in [1.82, 2.24) is 4.98 Å². The van der Waals surface area contributed by atoms with Gasteiger partial charge in [-0.1, -0.05) is 0 Å². The van der Waals surface area contributed by atoms with Crippen LogP contribution in [0.1, 0.15) is 24.1 Å². The van der Waals surface area contributed by atoms with E-state index in [0.717, 1.165) is 11.1 Å². The minimum absolute atomic E-state index is 0.0306. The number of hydrogen-bond acceptors (Lipinski definition) is 7. The number of carbonyl (C=O) groups is 2. The number of nitrogens with zero attached hydrogens (tertiary/aromatic N) is 4. The van der Waals surface area contributed by atoms with E-state index in [4.69, 9.17) is 5.26 Å². The molecule has 2 atom stereocenters. The van der Waals surface area contributed by atoms with Gasteiger partial charge in [-0.05, 0) is 36.8 Å². The van der Waals surface area contributed by atoms with Gasteiger partial charge in [0.05, 0.1) is 17.4 Å². The number of alkyl halides is 3. The molecule has 2 aliphatic rings. The molecule has 7 nitrogen and oxygen atoms in total. The molecule has 11 heteroatoms. The molecule has 0 bridgehead atoms. The molecule has 1 aliphatic heterocycles. The quantitative estimate of drug-likeness (QED) is 0.557. The van der Waals surface area contributed by atoms with Crippen LogP contribution in [0.5, 0.6) is 5.75 Å². The minimum atomic E-state index is -4.86. The molecular weight excluding hydrogens is 421 g/mol. The summed E-state index contributed by atoms with van der Waals surface area (Å²) >= 11 is 4.43. The molecule has 1 N–H and O–H groups in total. The van der Waals surface area contributed by atoms with Crippen LogP contribution in [0.4, 0.5) is 24.5 Å². The summed E-state index contributed by atoms with van der Waals surface area (Å²) in [4.78, 5) is 31.8. The summed E-state index contributed by atoms with van der Waals surface area (Å²) in [6.07, 6.45) is -3.56. The normalized spacial score (nSPS) is 23.6. The van der Waals surface area contributed by atoms with Crippen molar-refractivity contribution in [2.45, 2.75) is 30.1 Å². The number of pyridine rings is 1. The Morgan fingerprint density at radius 2 is 1.90 bits per heavy atom. The van der Waals surface area contributed by atoms with Crippen molar-refractivity contribution in [3.05, 3.63) is 47.8 Å². The Kier molecular flexibility index (Phi) is 4.43. The second-order valence-corrected chi connectivity index (χ2v) is 7.35. The number of ketones is 1. The largest absolute Gasteiger partial charge is 0.508 e. The molecular formula is C19H13F3N4O3S. The lowest BCUT2D eigenvalue weighted by atomic mass is 9.73. The van der Waals surface area contributed by atoms with Gasteiger partial charge in [0.25, 0.3) is 5.91 Å². The predicted molar refractivity (Wildman–Crippen MR) is 102 cm³/mol. The molecule has 4 rings (SSSR count). The van der Waals surface area contributed by atoms with Gasteiger partial charge in [0.15, 0.2) is 22.5 Å². The summed E-state index contributed by atoms with van der Waals surface area (Å²) in [5.74, 6) is -1.12. The third-order valence-electron chi connectivity index (χ3n) is 5.31. The van der Waals surface area contributed by atoms with Gasteiger partial charge in [-0.15, -0.1) is 12.6 Å². The van der Waals surface area contributed by atoms with E-state index in [0.29, 0.717) is 11.8 Å². The summed E-state index contributed by atoms with van der Waals surface area (Å²) in [7, 11) is 0. The zero-order valence-electron chi connectivity index (χ0n) is 15.1. The Hall–Kier alpha value is -3.26. The monoisotopic (exact) mass is 434 g/mol. The number of anilines is 2. The SMILES string of the molecule is N#Cc1ncc(N2C(=O)C3(CCC3=O)N(c3ccc(O)cc3)C2S)cc1C(F)(F)F. The number of amides is 1. The molecule has 0 radical (unpaired) electrons.